The number of benzene rings is 1. The van der Waals surface area contributed by atoms with Crippen LogP contribution in [0.15, 0.2) is 18.2 Å². The number of hydrogen-bond acceptors (Lipinski definition) is 2. The summed E-state index contributed by atoms with van der Waals surface area (Å²) in [7, 11) is 1.94. The Morgan fingerprint density at radius 3 is 2.11 bits per heavy atom. The normalized spacial score (nSPS) is 12.6. The van der Waals surface area contributed by atoms with E-state index < -0.39 is 0 Å². The van der Waals surface area contributed by atoms with Gasteiger partial charge in [-0.15, -0.1) is 0 Å². The molecular formula is C17H29NO. The maximum atomic E-state index is 5.91. The molecule has 1 aromatic rings. The Morgan fingerprint density at radius 2 is 1.63 bits per heavy atom. The lowest BCUT2D eigenvalue weighted by atomic mass is 9.80. The van der Waals surface area contributed by atoms with Crippen LogP contribution in [0.25, 0.3) is 0 Å². The van der Waals surface area contributed by atoms with Gasteiger partial charge in [-0.25, -0.2) is 0 Å². The predicted octanol–water partition coefficient (Wildman–Crippen LogP) is 3.88. The second-order valence-corrected chi connectivity index (χ2v) is 7.16. The summed E-state index contributed by atoms with van der Waals surface area (Å²) in [6.45, 7) is 15.0. The first-order chi connectivity index (χ1) is 8.66. The lowest BCUT2D eigenvalue weighted by molar-refractivity contribution is 0.309. The van der Waals surface area contributed by atoms with Gasteiger partial charge in [-0.1, -0.05) is 53.7 Å². The molecule has 0 radical (unpaired) electrons. The first kappa shape index (κ1) is 16.0. The Kier molecular flexibility index (Phi) is 5.03. The molecule has 0 fully saturated rings. The van der Waals surface area contributed by atoms with E-state index >= 15 is 0 Å². The molecule has 0 amide bonds. The molecule has 0 heterocycles. The molecule has 0 aliphatic rings. The fraction of sp³-hybridized carbons (Fsp3) is 0.647. The molecule has 0 aliphatic heterocycles. The van der Waals surface area contributed by atoms with Crippen LogP contribution in [0, 0.1) is 0 Å². The van der Waals surface area contributed by atoms with Gasteiger partial charge in [0.15, 0.2) is 0 Å². The third-order valence-electron chi connectivity index (χ3n) is 3.26. The second-order valence-electron chi connectivity index (χ2n) is 7.16. The van der Waals surface area contributed by atoms with Crippen molar-refractivity contribution in [3.05, 3.63) is 29.3 Å². The molecule has 108 valence electrons. The predicted molar refractivity (Wildman–Crippen MR) is 83.3 cm³/mol. The Bertz CT molecular complexity index is 410. The van der Waals surface area contributed by atoms with Crippen molar-refractivity contribution < 1.29 is 4.74 Å². The van der Waals surface area contributed by atoms with Crippen LogP contribution in [0.2, 0.25) is 0 Å². The van der Waals surface area contributed by atoms with Crippen LogP contribution >= 0.6 is 0 Å². The average Bonchev–Trinajstić information content (AvgIpc) is 2.27. The highest BCUT2D eigenvalue weighted by Crippen LogP contribution is 2.35. The number of rotatable bonds is 4. The van der Waals surface area contributed by atoms with Crippen molar-refractivity contribution in [1.29, 1.82) is 0 Å². The zero-order valence-electron chi connectivity index (χ0n) is 13.6. The van der Waals surface area contributed by atoms with E-state index in [2.05, 4.69) is 65.1 Å². The van der Waals surface area contributed by atoms with Crippen molar-refractivity contribution in [2.45, 2.75) is 52.4 Å². The summed E-state index contributed by atoms with van der Waals surface area (Å²) in [4.78, 5) is 0. The Balaban J connectivity index is 3.11. The highest BCUT2D eigenvalue weighted by Gasteiger charge is 2.22. The third kappa shape index (κ3) is 4.54. The minimum Gasteiger partial charge on any atom is -0.492 e. The summed E-state index contributed by atoms with van der Waals surface area (Å²) >= 11 is 0. The van der Waals surface area contributed by atoms with E-state index in [9.17, 15) is 0 Å². The quantitative estimate of drug-likeness (QED) is 0.832. The van der Waals surface area contributed by atoms with Gasteiger partial charge in [0.2, 0.25) is 0 Å². The Labute approximate surface area is 118 Å². The fourth-order valence-electron chi connectivity index (χ4n) is 1.97. The third-order valence-corrected chi connectivity index (χ3v) is 3.26. The minimum absolute atomic E-state index is 0.0935. The minimum atomic E-state index is 0.0935. The summed E-state index contributed by atoms with van der Waals surface area (Å²) in [5, 5.41) is 3.11. The number of hydrogen-bond donors (Lipinski definition) is 1. The molecule has 0 spiro atoms. The van der Waals surface area contributed by atoms with Gasteiger partial charge in [0.1, 0.15) is 12.4 Å². The molecule has 1 rings (SSSR count). The van der Waals surface area contributed by atoms with Crippen molar-refractivity contribution in [1.82, 2.24) is 5.32 Å². The van der Waals surface area contributed by atoms with E-state index in [0.29, 0.717) is 6.61 Å². The summed E-state index contributed by atoms with van der Waals surface area (Å²) in [5.74, 6) is 1.01. The molecule has 0 unspecified atom stereocenters. The van der Waals surface area contributed by atoms with Gasteiger partial charge in [-0.05, 0) is 35.1 Å². The van der Waals surface area contributed by atoms with E-state index in [4.69, 9.17) is 4.74 Å². The molecule has 19 heavy (non-hydrogen) atoms. The molecule has 2 nitrogen and oxygen atoms in total. The SMILES string of the molecule is CNCCOc1ccc(C(C)(C)C)cc1C(C)(C)C. The van der Waals surface area contributed by atoms with E-state index in [1.807, 2.05) is 7.05 Å². The highest BCUT2D eigenvalue weighted by atomic mass is 16.5. The summed E-state index contributed by atoms with van der Waals surface area (Å²) in [6, 6.07) is 6.61. The van der Waals surface area contributed by atoms with E-state index in [0.717, 1.165) is 12.3 Å². The molecule has 0 saturated carbocycles. The van der Waals surface area contributed by atoms with Gasteiger partial charge in [0.05, 0.1) is 0 Å². The molecule has 0 saturated heterocycles. The Morgan fingerprint density at radius 1 is 1.00 bits per heavy atom. The number of nitrogens with one attached hydrogen (secondary N) is 1. The van der Waals surface area contributed by atoms with E-state index in [1.165, 1.54) is 11.1 Å². The van der Waals surface area contributed by atoms with Gasteiger partial charge in [0.25, 0.3) is 0 Å². The highest BCUT2D eigenvalue weighted by molar-refractivity contribution is 5.43. The first-order valence-corrected chi connectivity index (χ1v) is 7.08. The lowest BCUT2D eigenvalue weighted by Gasteiger charge is -2.27. The lowest BCUT2D eigenvalue weighted by Crippen LogP contribution is -2.20. The summed E-state index contributed by atoms with van der Waals surface area (Å²) in [5.41, 5.74) is 2.91. The number of ether oxygens (including phenoxy) is 1. The van der Waals surface area contributed by atoms with Crippen molar-refractivity contribution >= 4 is 0 Å². The molecule has 0 bridgehead atoms. The monoisotopic (exact) mass is 263 g/mol. The topological polar surface area (TPSA) is 21.3 Å². The average molecular weight is 263 g/mol. The van der Waals surface area contributed by atoms with Gasteiger partial charge in [-0.3, -0.25) is 0 Å². The van der Waals surface area contributed by atoms with Gasteiger partial charge >= 0.3 is 0 Å². The zero-order valence-corrected chi connectivity index (χ0v) is 13.6. The summed E-state index contributed by atoms with van der Waals surface area (Å²) in [6.07, 6.45) is 0. The smallest absolute Gasteiger partial charge is 0.123 e. The zero-order chi connectivity index (χ0) is 14.7. The number of likely N-dealkylation sites (N-methyl/N-ethyl adjacent to an activating group) is 1. The molecule has 0 aliphatic carbocycles. The van der Waals surface area contributed by atoms with Crippen molar-refractivity contribution in [2.24, 2.45) is 0 Å². The molecule has 0 aromatic heterocycles. The van der Waals surface area contributed by atoms with Crippen LogP contribution in [-0.4, -0.2) is 20.2 Å². The van der Waals surface area contributed by atoms with Crippen LogP contribution in [0.4, 0.5) is 0 Å². The van der Waals surface area contributed by atoms with Gasteiger partial charge in [0, 0.05) is 6.54 Å². The first-order valence-electron chi connectivity index (χ1n) is 7.08. The van der Waals surface area contributed by atoms with Crippen LogP contribution in [0.3, 0.4) is 0 Å². The molecule has 1 aromatic carbocycles. The molecular weight excluding hydrogens is 234 g/mol. The Hall–Kier alpha value is -1.02. The molecule has 1 N–H and O–H groups in total. The fourth-order valence-corrected chi connectivity index (χ4v) is 1.97. The second kappa shape index (κ2) is 5.96. The maximum absolute atomic E-state index is 5.91. The van der Waals surface area contributed by atoms with Crippen LogP contribution < -0.4 is 10.1 Å². The molecule has 2 heteroatoms. The molecule has 0 atom stereocenters. The van der Waals surface area contributed by atoms with Crippen molar-refractivity contribution in [2.75, 3.05) is 20.2 Å². The van der Waals surface area contributed by atoms with Gasteiger partial charge in [-0.2, -0.15) is 0 Å². The maximum Gasteiger partial charge on any atom is 0.123 e. The van der Waals surface area contributed by atoms with E-state index in [-0.39, 0.29) is 10.8 Å². The van der Waals surface area contributed by atoms with Crippen LogP contribution in [-0.2, 0) is 10.8 Å². The van der Waals surface area contributed by atoms with Gasteiger partial charge < -0.3 is 10.1 Å². The standard InChI is InChI=1S/C17H29NO/c1-16(2,3)13-8-9-15(19-11-10-18-7)14(12-13)17(4,5)6/h8-9,12,18H,10-11H2,1-7H3. The largest absolute Gasteiger partial charge is 0.492 e. The van der Waals surface area contributed by atoms with Crippen LogP contribution in [0.1, 0.15) is 52.7 Å². The van der Waals surface area contributed by atoms with Crippen molar-refractivity contribution in [3.8, 4) is 5.75 Å². The van der Waals surface area contributed by atoms with Crippen LogP contribution in [0.5, 0.6) is 5.75 Å². The summed E-state index contributed by atoms with van der Waals surface area (Å²) < 4.78 is 5.91. The van der Waals surface area contributed by atoms with Crippen molar-refractivity contribution in [3.63, 3.8) is 0 Å². The van der Waals surface area contributed by atoms with E-state index in [1.54, 1.807) is 0 Å².